The van der Waals surface area contributed by atoms with Crippen LogP contribution in [0.1, 0.15) is 19.4 Å². The first-order valence-electron chi connectivity index (χ1n) is 5.17. The van der Waals surface area contributed by atoms with Gasteiger partial charge in [-0.25, -0.2) is 13.6 Å². The van der Waals surface area contributed by atoms with Crippen molar-refractivity contribution in [2.75, 3.05) is 6.54 Å². The molecule has 0 saturated carbocycles. The summed E-state index contributed by atoms with van der Waals surface area (Å²) < 4.78 is 22.4. The van der Waals surface area contributed by atoms with E-state index in [-0.39, 0.29) is 34.7 Å². The number of rotatable bonds is 4. The number of ketones is 1. The van der Waals surface area contributed by atoms with Crippen molar-refractivity contribution in [1.29, 1.82) is 0 Å². The second-order valence-electron chi connectivity index (χ2n) is 4.44. The van der Waals surface area contributed by atoms with Gasteiger partial charge in [-0.15, -0.1) is 12.4 Å². The molecule has 0 aliphatic carbocycles. The van der Waals surface area contributed by atoms with Crippen LogP contribution in [0.3, 0.4) is 0 Å². The highest BCUT2D eigenvalue weighted by Crippen LogP contribution is 2.29. The fraction of sp³-hybridized carbons (Fsp3) is 0.364. The summed E-state index contributed by atoms with van der Waals surface area (Å²) in [6.45, 7) is 3.30. The van der Waals surface area contributed by atoms with Gasteiger partial charge in [-0.05, 0) is 31.5 Å². The molecule has 5 nitrogen and oxygen atoms in total. The molecule has 0 heterocycles. The molecule has 0 spiro atoms. The lowest BCUT2D eigenvalue weighted by molar-refractivity contribution is -0.122. The maximum Gasteiger partial charge on any atom is 0.239 e. The van der Waals surface area contributed by atoms with Gasteiger partial charge in [0.15, 0.2) is 5.78 Å². The van der Waals surface area contributed by atoms with E-state index in [0.29, 0.717) is 5.56 Å². The van der Waals surface area contributed by atoms with Crippen LogP contribution in [0.4, 0.5) is 0 Å². The van der Waals surface area contributed by atoms with Crippen LogP contribution in [0.15, 0.2) is 23.1 Å². The van der Waals surface area contributed by atoms with Crippen molar-refractivity contribution in [2.24, 2.45) is 10.9 Å². The fourth-order valence-corrected chi connectivity index (χ4v) is 2.63. The molecule has 0 fully saturated rings. The number of hydrogen-bond donors (Lipinski definition) is 2. The molecule has 0 aromatic heterocycles. The van der Waals surface area contributed by atoms with Crippen molar-refractivity contribution >= 4 is 39.8 Å². The molecular formula is C11H16Cl2N2O3S. The minimum absolute atomic E-state index is 0. The maximum absolute atomic E-state index is 11.7. The zero-order valence-electron chi connectivity index (χ0n) is 10.5. The first-order valence-corrected chi connectivity index (χ1v) is 7.09. The molecule has 1 rings (SSSR count). The number of nitrogens with two attached hydrogens (primary N) is 2. The van der Waals surface area contributed by atoms with E-state index in [9.17, 15) is 13.2 Å². The summed E-state index contributed by atoms with van der Waals surface area (Å²) in [7, 11) is -3.86. The van der Waals surface area contributed by atoms with Gasteiger partial charge >= 0.3 is 0 Å². The van der Waals surface area contributed by atoms with Gasteiger partial charge in [-0.3, -0.25) is 4.79 Å². The molecule has 0 bridgehead atoms. The van der Waals surface area contributed by atoms with E-state index >= 15 is 0 Å². The zero-order valence-corrected chi connectivity index (χ0v) is 12.9. The maximum atomic E-state index is 11.7. The standard InChI is InChI=1S/C11H15ClN2O3S.ClH/c1-11(2,10(15)6-13)7-3-4-9(8(12)5-7)18(14,16)17;/h3-5H,6,13H2,1-2H3,(H2,14,16,17);1H. The summed E-state index contributed by atoms with van der Waals surface area (Å²) in [6.07, 6.45) is 0. The second-order valence-corrected chi connectivity index (χ2v) is 6.38. The Morgan fingerprint density at radius 2 is 1.89 bits per heavy atom. The highest BCUT2D eigenvalue weighted by molar-refractivity contribution is 7.89. The molecule has 0 aliphatic rings. The number of carbonyl (C=O) groups excluding carboxylic acids is 1. The Morgan fingerprint density at radius 3 is 2.26 bits per heavy atom. The first kappa shape index (κ1) is 18.3. The van der Waals surface area contributed by atoms with Crippen molar-refractivity contribution < 1.29 is 13.2 Å². The van der Waals surface area contributed by atoms with E-state index in [1.54, 1.807) is 13.8 Å². The Kier molecular flexibility index (Phi) is 5.98. The molecule has 0 amide bonds. The van der Waals surface area contributed by atoms with Crippen LogP contribution in [0.25, 0.3) is 0 Å². The smallest absolute Gasteiger partial charge is 0.239 e. The minimum Gasteiger partial charge on any atom is -0.324 e. The third-order valence-electron chi connectivity index (χ3n) is 2.84. The van der Waals surface area contributed by atoms with Gasteiger partial charge < -0.3 is 5.73 Å². The van der Waals surface area contributed by atoms with Crippen LogP contribution in [-0.4, -0.2) is 20.7 Å². The normalized spacial score (nSPS) is 11.8. The molecular weight excluding hydrogens is 311 g/mol. The predicted molar refractivity (Wildman–Crippen MR) is 77.2 cm³/mol. The lowest BCUT2D eigenvalue weighted by Crippen LogP contribution is -2.34. The van der Waals surface area contributed by atoms with Crippen molar-refractivity contribution in [3.8, 4) is 0 Å². The van der Waals surface area contributed by atoms with Crippen LogP contribution < -0.4 is 10.9 Å². The topological polar surface area (TPSA) is 103 Å². The van der Waals surface area contributed by atoms with E-state index in [2.05, 4.69) is 0 Å². The van der Waals surface area contributed by atoms with E-state index < -0.39 is 15.4 Å². The Hall–Kier alpha value is -0.660. The fourth-order valence-electron chi connectivity index (χ4n) is 1.54. The molecule has 19 heavy (non-hydrogen) atoms. The molecule has 1 aromatic carbocycles. The summed E-state index contributed by atoms with van der Waals surface area (Å²) in [5, 5.41) is 5.00. The molecule has 108 valence electrons. The van der Waals surface area contributed by atoms with Gasteiger partial charge in [-0.1, -0.05) is 17.7 Å². The summed E-state index contributed by atoms with van der Waals surface area (Å²) in [5.41, 5.74) is 5.10. The second kappa shape index (κ2) is 6.19. The Bertz CT molecular complexity index is 586. The van der Waals surface area contributed by atoms with E-state index in [1.807, 2.05) is 0 Å². The van der Waals surface area contributed by atoms with Crippen LogP contribution >= 0.6 is 24.0 Å². The first-order chi connectivity index (χ1) is 8.10. The lowest BCUT2D eigenvalue weighted by atomic mass is 9.80. The molecule has 1 aromatic rings. The number of sulfonamides is 1. The third-order valence-corrected chi connectivity index (χ3v) is 4.24. The highest BCUT2D eigenvalue weighted by Gasteiger charge is 2.29. The van der Waals surface area contributed by atoms with E-state index in [4.69, 9.17) is 22.5 Å². The van der Waals surface area contributed by atoms with Crippen LogP contribution in [-0.2, 0) is 20.2 Å². The number of halogens is 2. The van der Waals surface area contributed by atoms with E-state index in [0.717, 1.165) is 0 Å². The van der Waals surface area contributed by atoms with Crippen molar-refractivity contribution in [3.63, 3.8) is 0 Å². The molecule has 0 radical (unpaired) electrons. The molecule has 0 atom stereocenters. The molecule has 0 aliphatic heterocycles. The number of hydrogen-bond acceptors (Lipinski definition) is 4. The Labute approximate surface area is 123 Å². The average molecular weight is 327 g/mol. The van der Waals surface area contributed by atoms with Gasteiger partial charge in [0.25, 0.3) is 0 Å². The minimum atomic E-state index is -3.86. The quantitative estimate of drug-likeness (QED) is 0.867. The predicted octanol–water partition coefficient (Wildman–Crippen LogP) is 1.21. The van der Waals surface area contributed by atoms with Crippen molar-refractivity contribution in [2.45, 2.75) is 24.2 Å². The largest absolute Gasteiger partial charge is 0.324 e. The number of benzene rings is 1. The van der Waals surface area contributed by atoms with Gasteiger partial charge in [-0.2, -0.15) is 0 Å². The van der Waals surface area contributed by atoms with E-state index in [1.165, 1.54) is 18.2 Å². The summed E-state index contributed by atoms with van der Waals surface area (Å²) in [6, 6.07) is 4.23. The zero-order chi connectivity index (χ0) is 14.1. The third kappa shape index (κ3) is 3.90. The van der Waals surface area contributed by atoms with Gasteiger partial charge in [0.2, 0.25) is 10.0 Å². The van der Waals surface area contributed by atoms with Crippen LogP contribution in [0, 0.1) is 0 Å². The molecule has 8 heteroatoms. The molecule has 0 unspecified atom stereocenters. The Balaban J connectivity index is 0.00000324. The number of Topliss-reactive ketones (excluding diaryl/α,β-unsaturated/α-hetero) is 1. The number of carbonyl (C=O) groups is 1. The highest BCUT2D eigenvalue weighted by atomic mass is 35.5. The number of primary sulfonamides is 1. The van der Waals surface area contributed by atoms with Gasteiger partial charge in [0.1, 0.15) is 4.90 Å². The van der Waals surface area contributed by atoms with Gasteiger partial charge in [0.05, 0.1) is 11.6 Å². The summed E-state index contributed by atoms with van der Waals surface area (Å²) in [4.78, 5) is 11.6. The summed E-state index contributed by atoms with van der Waals surface area (Å²) >= 11 is 5.87. The van der Waals surface area contributed by atoms with Crippen LogP contribution in [0.5, 0.6) is 0 Å². The van der Waals surface area contributed by atoms with Crippen molar-refractivity contribution in [1.82, 2.24) is 0 Å². The van der Waals surface area contributed by atoms with Crippen molar-refractivity contribution in [3.05, 3.63) is 28.8 Å². The summed E-state index contributed by atoms with van der Waals surface area (Å²) in [5.74, 6) is -0.165. The lowest BCUT2D eigenvalue weighted by Gasteiger charge is -2.23. The molecule has 0 saturated heterocycles. The molecule has 4 N–H and O–H groups in total. The SMILES string of the molecule is CC(C)(C(=O)CN)c1ccc(S(N)(=O)=O)c(Cl)c1.Cl. The monoisotopic (exact) mass is 326 g/mol. The average Bonchev–Trinajstić information content (AvgIpc) is 2.25. The Morgan fingerprint density at radius 1 is 1.37 bits per heavy atom. The van der Waals surface area contributed by atoms with Gasteiger partial charge in [0, 0.05) is 5.41 Å². The van der Waals surface area contributed by atoms with Crippen LogP contribution in [0.2, 0.25) is 5.02 Å².